The van der Waals surface area contributed by atoms with Crippen molar-refractivity contribution in [1.29, 1.82) is 0 Å². The van der Waals surface area contributed by atoms with E-state index in [9.17, 15) is 9.59 Å². The summed E-state index contributed by atoms with van der Waals surface area (Å²) >= 11 is 0. The van der Waals surface area contributed by atoms with Gasteiger partial charge in [0.25, 0.3) is 5.91 Å². The maximum Gasteiger partial charge on any atom is 0.251 e. The van der Waals surface area contributed by atoms with Crippen molar-refractivity contribution in [1.82, 2.24) is 15.3 Å². The number of benzene rings is 2. The van der Waals surface area contributed by atoms with Crippen molar-refractivity contribution in [2.45, 2.75) is 38.6 Å². The van der Waals surface area contributed by atoms with E-state index in [0.717, 1.165) is 16.6 Å². The summed E-state index contributed by atoms with van der Waals surface area (Å²) in [5.74, 6) is -0.965. The molecule has 1 atom stereocenters. The van der Waals surface area contributed by atoms with Gasteiger partial charge in [0.15, 0.2) is 0 Å². The number of hydrogen-bond acceptors (Lipinski definition) is 4. The molecule has 0 aliphatic heterocycles. The highest BCUT2D eigenvalue weighted by Gasteiger charge is 2.21. The Labute approximate surface area is 164 Å². The van der Waals surface area contributed by atoms with Gasteiger partial charge in [-0.1, -0.05) is 45.0 Å². The van der Waals surface area contributed by atoms with Crippen LogP contribution in [-0.4, -0.2) is 27.8 Å². The highest BCUT2D eigenvalue weighted by molar-refractivity contribution is 5.97. The number of primary amides is 1. The first-order chi connectivity index (χ1) is 13.2. The summed E-state index contributed by atoms with van der Waals surface area (Å²) in [6.45, 7) is 6.32. The lowest BCUT2D eigenvalue weighted by Gasteiger charge is -2.19. The SMILES string of the molecule is CC(C)(C)c1ccc(C(=O)N[C@H](Cc2cnc3ccccc3n2)C(N)=O)cc1. The van der Waals surface area contributed by atoms with Gasteiger partial charge in [-0.15, -0.1) is 0 Å². The van der Waals surface area contributed by atoms with Gasteiger partial charge in [0.2, 0.25) is 5.91 Å². The van der Waals surface area contributed by atoms with Crippen LogP contribution in [0.5, 0.6) is 0 Å². The van der Waals surface area contributed by atoms with Gasteiger partial charge in [0, 0.05) is 18.2 Å². The van der Waals surface area contributed by atoms with Crippen LogP contribution >= 0.6 is 0 Å². The Bertz CT molecular complexity index is 1010. The van der Waals surface area contributed by atoms with Gasteiger partial charge >= 0.3 is 0 Å². The lowest BCUT2D eigenvalue weighted by atomic mass is 9.86. The summed E-state index contributed by atoms with van der Waals surface area (Å²) in [4.78, 5) is 33.3. The van der Waals surface area contributed by atoms with Gasteiger partial charge in [-0.25, -0.2) is 4.98 Å². The molecule has 1 aromatic heterocycles. The Balaban J connectivity index is 1.75. The number of fused-ring (bicyclic) bond motifs is 1. The van der Waals surface area contributed by atoms with E-state index in [1.165, 1.54) is 0 Å². The fourth-order valence-electron chi connectivity index (χ4n) is 2.89. The van der Waals surface area contributed by atoms with Gasteiger partial charge in [-0.3, -0.25) is 14.6 Å². The summed E-state index contributed by atoms with van der Waals surface area (Å²) in [6, 6.07) is 13.9. The molecule has 0 unspecified atom stereocenters. The highest BCUT2D eigenvalue weighted by atomic mass is 16.2. The van der Waals surface area contributed by atoms with Crippen LogP contribution in [0.25, 0.3) is 11.0 Å². The number of amides is 2. The molecule has 144 valence electrons. The Morgan fingerprint density at radius 2 is 1.68 bits per heavy atom. The highest BCUT2D eigenvalue weighted by Crippen LogP contribution is 2.22. The number of nitrogens with zero attached hydrogens (tertiary/aromatic N) is 2. The van der Waals surface area contributed by atoms with Crippen molar-refractivity contribution in [2.75, 3.05) is 0 Å². The zero-order valence-corrected chi connectivity index (χ0v) is 16.3. The van der Waals surface area contributed by atoms with Crippen molar-refractivity contribution < 1.29 is 9.59 Å². The second-order valence-corrected chi connectivity index (χ2v) is 7.81. The molecule has 0 spiro atoms. The molecule has 0 aliphatic carbocycles. The number of carbonyl (C=O) groups is 2. The minimum absolute atomic E-state index is 0.000478. The van der Waals surface area contributed by atoms with E-state index < -0.39 is 11.9 Å². The van der Waals surface area contributed by atoms with E-state index >= 15 is 0 Å². The summed E-state index contributed by atoms with van der Waals surface area (Å²) in [5.41, 5.74) is 9.19. The fraction of sp³-hybridized carbons (Fsp3) is 0.273. The smallest absolute Gasteiger partial charge is 0.251 e. The van der Waals surface area contributed by atoms with Gasteiger partial charge in [0.05, 0.1) is 16.7 Å². The van der Waals surface area contributed by atoms with E-state index in [4.69, 9.17) is 5.73 Å². The maximum atomic E-state index is 12.6. The first kappa shape index (κ1) is 19.5. The molecule has 0 radical (unpaired) electrons. The Hall–Kier alpha value is -3.28. The third kappa shape index (κ3) is 4.52. The third-order valence-corrected chi connectivity index (χ3v) is 4.57. The molecule has 0 fully saturated rings. The summed E-state index contributed by atoms with van der Waals surface area (Å²) in [5, 5.41) is 2.71. The number of carbonyl (C=O) groups excluding carboxylic acids is 2. The van der Waals surface area contributed by atoms with Crippen LogP contribution in [0.3, 0.4) is 0 Å². The molecule has 2 aromatic carbocycles. The summed E-state index contributed by atoms with van der Waals surface area (Å²) in [7, 11) is 0. The quantitative estimate of drug-likeness (QED) is 0.715. The first-order valence-electron chi connectivity index (χ1n) is 9.15. The molecule has 6 heteroatoms. The molecule has 0 saturated heterocycles. The van der Waals surface area contributed by atoms with Crippen molar-refractivity contribution in [3.63, 3.8) is 0 Å². The molecule has 3 rings (SSSR count). The number of nitrogens with one attached hydrogen (secondary N) is 1. The van der Waals surface area contributed by atoms with E-state index in [1.54, 1.807) is 18.3 Å². The van der Waals surface area contributed by atoms with Gasteiger partial charge < -0.3 is 11.1 Å². The Morgan fingerprint density at radius 3 is 2.29 bits per heavy atom. The molecular formula is C22H24N4O2. The molecule has 2 amide bonds. The fourth-order valence-corrected chi connectivity index (χ4v) is 2.89. The van der Waals surface area contributed by atoms with Crippen LogP contribution in [0.1, 0.15) is 42.4 Å². The van der Waals surface area contributed by atoms with E-state index in [-0.39, 0.29) is 17.7 Å². The Morgan fingerprint density at radius 1 is 1.04 bits per heavy atom. The lowest BCUT2D eigenvalue weighted by Crippen LogP contribution is -2.46. The van der Waals surface area contributed by atoms with Gasteiger partial charge in [-0.2, -0.15) is 0 Å². The van der Waals surface area contributed by atoms with Crippen LogP contribution in [0.2, 0.25) is 0 Å². The number of rotatable bonds is 5. The second-order valence-electron chi connectivity index (χ2n) is 7.81. The van der Waals surface area contributed by atoms with Gasteiger partial charge in [0.1, 0.15) is 6.04 Å². The average Bonchev–Trinajstić information content (AvgIpc) is 2.66. The molecule has 3 N–H and O–H groups in total. The molecule has 28 heavy (non-hydrogen) atoms. The van der Waals surface area contributed by atoms with Crippen molar-refractivity contribution in [3.8, 4) is 0 Å². The van der Waals surface area contributed by atoms with Gasteiger partial charge in [-0.05, 0) is 35.2 Å². The summed E-state index contributed by atoms with van der Waals surface area (Å²) < 4.78 is 0. The molecule has 1 heterocycles. The molecule has 0 bridgehead atoms. The average molecular weight is 376 g/mol. The van der Waals surface area contributed by atoms with Crippen LogP contribution in [0, 0.1) is 0 Å². The van der Waals surface area contributed by atoms with E-state index in [2.05, 4.69) is 36.1 Å². The molecule has 0 aliphatic rings. The largest absolute Gasteiger partial charge is 0.368 e. The summed E-state index contributed by atoms with van der Waals surface area (Å²) in [6.07, 6.45) is 1.78. The zero-order valence-electron chi connectivity index (χ0n) is 16.3. The van der Waals surface area contributed by atoms with Crippen molar-refractivity contribution in [3.05, 3.63) is 71.5 Å². The standard InChI is InChI=1S/C22H24N4O2/c1-22(2,3)15-10-8-14(9-11-15)21(28)26-19(20(23)27)12-16-13-24-17-6-4-5-7-18(17)25-16/h4-11,13,19H,12H2,1-3H3,(H2,23,27)(H,26,28)/t19-/m1/s1. The Kier molecular flexibility index (Phi) is 5.40. The van der Waals surface area contributed by atoms with Crippen molar-refractivity contribution in [2.24, 2.45) is 5.73 Å². The number of nitrogens with two attached hydrogens (primary N) is 1. The van der Waals surface area contributed by atoms with Crippen LogP contribution in [-0.2, 0) is 16.6 Å². The third-order valence-electron chi connectivity index (χ3n) is 4.57. The minimum Gasteiger partial charge on any atom is -0.368 e. The molecular weight excluding hydrogens is 352 g/mol. The lowest BCUT2D eigenvalue weighted by molar-refractivity contribution is -0.119. The molecule has 3 aromatic rings. The molecule has 0 saturated carbocycles. The van der Waals surface area contributed by atoms with Crippen LogP contribution in [0.4, 0.5) is 0 Å². The van der Waals surface area contributed by atoms with Crippen molar-refractivity contribution >= 4 is 22.8 Å². The predicted molar refractivity (Wildman–Crippen MR) is 109 cm³/mol. The number of hydrogen-bond donors (Lipinski definition) is 2. The second kappa shape index (κ2) is 7.76. The monoisotopic (exact) mass is 376 g/mol. The minimum atomic E-state index is -0.870. The molecule has 6 nitrogen and oxygen atoms in total. The zero-order chi connectivity index (χ0) is 20.3. The van der Waals surface area contributed by atoms with E-state index in [1.807, 2.05) is 36.4 Å². The first-order valence-corrected chi connectivity index (χ1v) is 9.15. The van der Waals surface area contributed by atoms with E-state index in [0.29, 0.717) is 11.3 Å². The predicted octanol–water partition coefficient (Wildman–Crippen LogP) is 2.75. The number of aromatic nitrogens is 2. The normalized spacial score (nSPS) is 12.5. The maximum absolute atomic E-state index is 12.6. The van der Waals surface area contributed by atoms with Crippen LogP contribution in [0.15, 0.2) is 54.7 Å². The topological polar surface area (TPSA) is 98.0 Å². The van der Waals surface area contributed by atoms with Crippen LogP contribution < -0.4 is 11.1 Å². The number of para-hydroxylation sites is 2.